The fourth-order valence-corrected chi connectivity index (χ4v) is 2.34. The molecular formula is C15H31NO2. The molecular weight excluding hydrogens is 226 g/mol. The monoisotopic (exact) mass is 257 g/mol. The highest BCUT2D eigenvalue weighted by atomic mass is 16.5. The molecule has 2 unspecified atom stereocenters. The van der Waals surface area contributed by atoms with Gasteiger partial charge in [-0.2, -0.15) is 0 Å². The highest BCUT2D eigenvalue weighted by Gasteiger charge is 2.23. The Morgan fingerprint density at radius 2 is 2.06 bits per heavy atom. The van der Waals surface area contributed by atoms with Crippen LogP contribution in [-0.2, 0) is 4.74 Å². The zero-order valence-corrected chi connectivity index (χ0v) is 12.2. The number of aliphatic hydroxyl groups is 1. The predicted octanol–water partition coefficient (Wildman–Crippen LogP) is 2.72. The Morgan fingerprint density at radius 1 is 1.28 bits per heavy atom. The van der Waals surface area contributed by atoms with E-state index in [4.69, 9.17) is 4.74 Å². The summed E-state index contributed by atoms with van der Waals surface area (Å²) in [5.41, 5.74) is 0. The average molecular weight is 257 g/mol. The van der Waals surface area contributed by atoms with Gasteiger partial charge < -0.3 is 15.2 Å². The topological polar surface area (TPSA) is 41.5 Å². The Morgan fingerprint density at radius 3 is 2.67 bits per heavy atom. The van der Waals surface area contributed by atoms with Gasteiger partial charge in [-0.15, -0.1) is 0 Å². The lowest BCUT2D eigenvalue weighted by Gasteiger charge is -2.32. The molecule has 1 saturated carbocycles. The van der Waals surface area contributed by atoms with E-state index in [0.29, 0.717) is 19.2 Å². The summed E-state index contributed by atoms with van der Waals surface area (Å²) in [4.78, 5) is 0. The first-order chi connectivity index (χ1) is 8.74. The van der Waals surface area contributed by atoms with E-state index in [9.17, 15) is 5.11 Å². The number of rotatable bonds is 11. The molecule has 1 aliphatic carbocycles. The van der Waals surface area contributed by atoms with Crippen molar-refractivity contribution in [2.75, 3.05) is 19.8 Å². The maximum absolute atomic E-state index is 9.79. The number of ether oxygens (including phenoxy) is 1. The lowest BCUT2D eigenvalue weighted by Crippen LogP contribution is -2.42. The van der Waals surface area contributed by atoms with Gasteiger partial charge in [-0.3, -0.25) is 0 Å². The van der Waals surface area contributed by atoms with Gasteiger partial charge in [-0.1, -0.05) is 32.6 Å². The van der Waals surface area contributed by atoms with Crippen molar-refractivity contribution in [3.8, 4) is 0 Å². The Labute approximate surface area is 112 Å². The molecule has 0 amide bonds. The second kappa shape index (κ2) is 9.76. The van der Waals surface area contributed by atoms with Crippen LogP contribution in [-0.4, -0.2) is 37.0 Å². The summed E-state index contributed by atoms with van der Waals surface area (Å²) in [6, 6.07) is 0.540. The second-order valence-corrected chi connectivity index (χ2v) is 5.68. The molecule has 0 spiro atoms. The van der Waals surface area contributed by atoms with Crippen molar-refractivity contribution < 1.29 is 9.84 Å². The molecule has 3 nitrogen and oxygen atoms in total. The highest BCUT2D eigenvalue weighted by molar-refractivity contribution is 4.80. The van der Waals surface area contributed by atoms with Gasteiger partial charge >= 0.3 is 0 Å². The van der Waals surface area contributed by atoms with Crippen LogP contribution in [0.2, 0.25) is 0 Å². The van der Waals surface area contributed by atoms with Crippen LogP contribution in [0.5, 0.6) is 0 Å². The standard InChI is InChI=1S/C15H31NO2/c1-3-4-5-6-10-18-12-15(17)11-16-13(2)14-8-7-9-14/h13-17H,3-12H2,1-2H3. The summed E-state index contributed by atoms with van der Waals surface area (Å²) in [5, 5.41) is 13.2. The van der Waals surface area contributed by atoms with Crippen LogP contribution in [0.15, 0.2) is 0 Å². The molecule has 18 heavy (non-hydrogen) atoms. The second-order valence-electron chi connectivity index (χ2n) is 5.68. The largest absolute Gasteiger partial charge is 0.389 e. The van der Waals surface area contributed by atoms with Gasteiger partial charge in [-0.25, -0.2) is 0 Å². The minimum atomic E-state index is -0.362. The summed E-state index contributed by atoms with van der Waals surface area (Å²) < 4.78 is 5.49. The Bertz CT molecular complexity index is 195. The van der Waals surface area contributed by atoms with Crippen LogP contribution in [0, 0.1) is 5.92 Å². The molecule has 0 aliphatic heterocycles. The normalized spacial score (nSPS) is 19.5. The van der Waals surface area contributed by atoms with Crippen molar-refractivity contribution in [3.05, 3.63) is 0 Å². The van der Waals surface area contributed by atoms with Crippen LogP contribution in [0.1, 0.15) is 58.8 Å². The van der Waals surface area contributed by atoms with Crippen molar-refractivity contribution in [1.29, 1.82) is 0 Å². The molecule has 0 aromatic carbocycles. The zero-order valence-electron chi connectivity index (χ0n) is 12.2. The Balaban J connectivity index is 1.88. The number of nitrogens with one attached hydrogen (secondary N) is 1. The first kappa shape index (κ1) is 15.9. The summed E-state index contributed by atoms with van der Waals surface area (Å²) >= 11 is 0. The van der Waals surface area contributed by atoms with E-state index in [1.165, 1.54) is 38.5 Å². The molecule has 0 aromatic heterocycles. The van der Waals surface area contributed by atoms with Crippen molar-refractivity contribution in [2.45, 2.75) is 70.9 Å². The van der Waals surface area contributed by atoms with Gasteiger partial charge in [0.15, 0.2) is 0 Å². The van der Waals surface area contributed by atoms with Crippen LogP contribution in [0.25, 0.3) is 0 Å². The molecule has 108 valence electrons. The third-order valence-electron chi connectivity index (χ3n) is 3.98. The van der Waals surface area contributed by atoms with Crippen molar-refractivity contribution in [3.63, 3.8) is 0 Å². The number of hydrogen-bond acceptors (Lipinski definition) is 3. The van der Waals surface area contributed by atoms with E-state index in [1.807, 2.05) is 0 Å². The van der Waals surface area contributed by atoms with Crippen LogP contribution >= 0.6 is 0 Å². The van der Waals surface area contributed by atoms with E-state index < -0.39 is 0 Å². The molecule has 0 bridgehead atoms. The molecule has 0 aromatic rings. The van der Waals surface area contributed by atoms with Crippen LogP contribution in [0.4, 0.5) is 0 Å². The van der Waals surface area contributed by atoms with Gasteiger partial charge in [0.05, 0.1) is 12.7 Å². The summed E-state index contributed by atoms with van der Waals surface area (Å²) in [7, 11) is 0. The lowest BCUT2D eigenvalue weighted by molar-refractivity contribution is 0.0324. The zero-order chi connectivity index (χ0) is 13.2. The summed E-state index contributed by atoms with van der Waals surface area (Å²) in [6.45, 7) is 6.35. The maximum atomic E-state index is 9.79. The third-order valence-corrected chi connectivity index (χ3v) is 3.98. The van der Waals surface area contributed by atoms with E-state index in [-0.39, 0.29) is 6.10 Å². The number of aliphatic hydroxyl groups excluding tert-OH is 1. The molecule has 2 atom stereocenters. The minimum absolute atomic E-state index is 0.362. The van der Waals surface area contributed by atoms with Crippen molar-refractivity contribution >= 4 is 0 Å². The van der Waals surface area contributed by atoms with Gasteiger partial charge in [0, 0.05) is 19.2 Å². The van der Waals surface area contributed by atoms with Crippen LogP contribution < -0.4 is 5.32 Å². The van der Waals surface area contributed by atoms with E-state index in [0.717, 1.165) is 18.9 Å². The number of hydrogen-bond donors (Lipinski definition) is 2. The summed E-state index contributed by atoms with van der Waals surface area (Å²) in [6.07, 6.45) is 8.60. The molecule has 3 heteroatoms. The third kappa shape index (κ3) is 6.72. The highest BCUT2D eigenvalue weighted by Crippen LogP contribution is 2.29. The quantitative estimate of drug-likeness (QED) is 0.559. The summed E-state index contributed by atoms with van der Waals surface area (Å²) in [5.74, 6) is 0.826. The van der Waals surface area contributed by atoms with Crippen LogP contribution in [0.3, 0.4) is 0 Å². The van der Waals surface area contributed by atoms with Gasteiger partial charge in [0.2, 0.25) is 0 Å². The maximum Gasteiger partial charge on any atom is 0.0897 e. The first-order valence-corrected chi connectivity index (χ1v) is 7.73. The fourth-order valence-electron chi connectivity index (χ4n) is 2.34. The molecule has 1 rings (SSSR count). The number of unbranched alkanes of at least 4 members (excludes halogenated alkanes) is 3. The molecule has 0 saturated heterocycles. The van der Waals surface area contributed by atoms with E-state index in [2.05, 4.69) is 19.2 Å². The Kier molecular flexibility index (Phi) is 8.64. The van der Waals surface area contributed by atoms with E-state index in [1.54, 1.807) is 0 Å². The van der Waals surface area contributed by atoms with Gasteiger partial charge in [-0.05, 0) is 32.1 Å². The molecule has 1 fully saturated rings. The van der Waals surface area contributed by atoms with Gasteiger partial charge in [0.25, 0.3) is 0 Å². The molecule has 1 aliphatic rings. The minimum Gasteiger partial charge on any atom is -0.389 e. The molecule has 0 radical (unpaired) electrons. The smallest absolute Gasteiger partial charge is 0.0897 e. The first-order valence-electron chi connectivity index (χ1n) is 7.73. The van der Waals surface area contributed by atoms with Crippen molar-refractivity contribution in [2.24, 2.45) is 5.92 Å². The van der Waals surface area contributed by atoms with Gasteiger partial charge in [0.1, 0.15) is 0 Å². The lowest BCUT2D eigenvalue weighted by atomic mass is 9.80. The van der Waals surface area contributed by atoms with E-state index >= 15 is 0 Å². The average Bonchev–Trinajstić information content (AvgIpc) is 2.29. The predicted molar refractivity (Wildman–Crippen MR) is 75.8 cm³/mol. The SMILES string of the molecule is CCCCCCOCC(O)CNC(C)C1CCC1. The molecule has 0 heterocycles. The Hall–Kier alpha value is -0.120. The van der Waals surface area contributed by atoms with Crippen molar-refractivity contribution in [1.82, 2.24) is 5.32 Å². The molecule has 2 N–H and O–H groups in total. The fraction of sp³-hybridized carbons (Fsp3) is 1.00.